The molecule has 1 heterocycles. The maximum absolute atomic E-state index is 12.4. The molecular formula is C19H25NO5. The molecule has 0 unspecified atom stereocenters. The van der Waals surface area contributed by atoms with Crippen molar-refractivity contribution in [3.8, 4) is 11.5 Å². The summed E-state index contributed by atoms with van der Waals surface area (Å²) in [7, 11) is 0. The number of benzene rings is 1. The summed E-state index contributed by atoms with van der Waals surface area (Å²) in [4.78, 5) is 24.7. The molecule has 1 aliphatic carbocycles. The summed E-state index contributed by atoms with van der Waals surface area (Å²) in [6, 6.07) is 4.98. The van der Waals surface area contributed by atoms with E-state index < -0.39 is 12.1 Å². The number of fused-ring (bicyclic) bond motifs is 1. The van der Waals surface area contributed by atoms with Crippen LogP contribution in [0.5, 0.6) is 11.5 Å². The molecule has 0 bridgehead atoms. The number of hydrogen-bond acceptors (Lipinski definition) is 5. The maximum atomic E-state index is 12.4. The predicted molar refractivity (Wildman–Crippen MR) is 91.6 cm³/mol. The van der Waals surface area contributed by atoms with Gasteiger partial charge in [-0.1, -0.05) is 26.7 Å². The third-order valence-corrected chi connectivity index (χ3v) is 5.30. The molecule has 6 heteroatoms. The van der Waals surface area contributed by atoms with Crippen molar-refractivity contribution in [3.63, 3.8) is 0 Å². The predicted octanol–water partition coefficient (Wildman–Crippen LogP) is 2.90. The van der Waals surface area contributed by atoms with E-state index in [4.69, 9.17) is 14.2 Å². The van der Waals surface area contributed by atoms with Gasteiger partial charge in [-0.25, -0.2) is 4.79 Å². The molecule has 0 aromatic heterocycles. The molecule has 2 aliphatic rings. The first-order valence-electron chi connectivity index (χ1n) is 8.86. The second-order valence-corrected chi connectivity index (χ2v) is 7.00. The first-order valence-corrected chi connectivity index (χ1v) is 8.86. The largest absolute Gasteiger partial charge is 0.454 e. The number of carbonyl (C=O) groups excluding carboxylic acids is 2. The Labute approximate surface area is 147 Å². The van der Waals surface area contributed by atoms with Crippen LogP contribution in [0.1, 0.15) is 50.4 Å². The molecule has 25 heavy (non-hydrogen) atoms. The van der Waals surface area contributed by atoms with Crippen molar-refractivity contribution in [1.29, 1.82) is 0 Å². The molecular weight excluding hydrogens is 322 g/mol. The third-order valence-electron chi connectivity index (χ3n) is 5.30. The minimum atomic E-state index is -0.845. The Morgan fingerprint density at radius 2 is 1.96 bits per heavy atom. The molecule has 136 valence electrons. The molecule has 1 aromatic rings. The number of amides is 1. The molecule has 0 spiro atoms. The molecule has 1 aromatic carbocycles. The lowest BCUT2D eigenvalue weighted by Crippen LogP contribution is -2.47. The smallest absolute Gasteiger partial charge is 0.339 e. The number of nitrogens with one attached hydrogen (secondary N) is 1. The highest BCUT2D eigenvalue weighted by molar-refractivity contribution is 5.93. The quantitative estimate of drug-likeness (QED) is 0.848. The summed E-state index contributed by atoms with van der Waals surface area (Å²) in [5.74, 6) is 1.32. The SMILES string of the molecule is C[C@H]1[C@H](C)CCC[C@H]1NC(=O)[C@H](C)OC(=O)c1ccc2c(c1)OCO2. The average Bonchev–Trinajstić information content (AvgIpc) is 3.06. The fraction of sp³-hybridized carbons (Fsp3) is 0.579. The highest BCUT2D eigenvalue weighted by Crippen LogP contribution is 2.33. The second-order valence-electron chi connectivity index (χ2n) is 7.00. The Kier molecular flexibility index (Phi) is 5.16. The van der Waals surface area contributed by atoms with Crippen molar-refractivity contribution in [2.75, 3.05) is 6.79 Å². The number of rotatable bonds is 4. The summed E-state index contributed by atoms with van der Waals surface area (Å²) in [5.41, 5.74) is 0.337. The van der Waals surface area contributed by atoms with E-state index in [-0.39, 0.29) is 18.7 Å². The third kappa shape index (κ3) is 3.89. The standard InChI is InChI=1S/C19H25NO5/c1-11-5-4-6-15(12(11)2)20-18(21)13(3)25-19(22)14-7-8-16-17(9-14)24-10-23-16/h7-9,11-13,15H,4-6,10H2,1-3H3,(H,20,21)/t11-,12+,13+,15-/m1/s1. The second kappa shape index (κ2) is 7.33. The van der Waals surface area contributed by atoms with Crippen LogP contribution in [0.3, 0.4) is 0 Å². The molecule has 1 fully saturated rings. The summed E-state index contributed by atoms with van der Waals surface area (Å²) in [6.45, 7) is 6.12. The molecule has 6 nitrogen and oxygen atoms in total. The van der Waals surface area contributed by atoms with Gasteiger partial charge >= 0.3 is 5.97 Å². The minimum Gasteiger partial charge on any atom is -0.454 e. The number of carbonyl (C=O) groups is 2. The van der Waals surface area contributed by atoms with Gasteiger partial charge in [0.05, 0.1) is 5.56 Å². The fourth-order valence-electron chi connectivity index (χ4n) is 3.39. The Bertz CT molecular complexity index is 659. The number of hydrogen-bond donors (Lipinski definition) is 1. The molecule has 1 amide bonds. The van der Waals surface area contributed by atoms with Crippen LogP contribution in [0, 0.1) is 11.8 Å². The zero-order chi connectivity index (χ0) is 18.0. The fourth-order valence-corrected chi connectivity index (χ4v) is 3.39. The van der Waals surface area contributed by atoms with Gasteiger partial charge in [0.25, 0.3) is 5.91 Å². The van der Waals surface area contributed by atoms with Gasteiger partial charge in [0.2, 0.25) is 6.79 Å². The van der Waals surface area contributed by atoms with Crippen LogP contribution in [-0.4, -0.2) is 30.8 Å². The van der Waals surface area contributed by atoms with Gasteiger partial charge in [-0.3, -0.25) is 4.79 Å². The molecule has 0 radical (unpaired) electrons. The van der Waals surface area contributed by atoms with Crippen molar-refractivity contribution in [2.45, 2.75) is 52.2 Å². The molecule has 0 saturated heterocycles. The summed E-state index contributed by atoms with van der Waals surface area (Å²) >= 11 is 0. The van der Waals surface area contributed by atoms with Crippen LogP contribution in [0.15, 0.2) is 18.2 Å². The van der Waals surface area contributed by atoms with E-state index in [1.807, 2.05) is 0 Å². The lowest BCUT2D eigenvalue weighted by molar-refractivity contribution is -0.130. The Morgan fingerprint density at radius 3 is 2.76 bits per heavy atom. The minimum absolute atomic E-state index is 0.142. The normalized spacial score (nSPS) is 26.0. The van der Waals surface area contributed by atoms with Crippen molar-refractivity contribution >= 4 is 11.9 Å². The van der Waals surface area contributed by atoms with Crippen molar-refractivity contribution < 1.29 is 23.8 Å². The zero-order valence-electron chi connectivity index (χ0n) is 14.9. The van der Waals surface area contributed by atoms with E-state index in [1.165, 1.54) is 6.42 Å². The van der Waals surface area contributed by atoms with Crippen LogP contribution >= 0.6 is 0 Å². The van der Waals surface area contributed by atoms with E-state index in [9.17, 15) is 9.59 Å². The Morgan fingerprint density at radius 1 is 1.20 bits per heavy atom. The van der Waals surface area contributed by atoms with Crippen LogP contribution < -0.4 is 14.8 Å². The topological polar surface area (TPSA) is 73.9 Å². The molecule has 1 N–H and O–H groups in total. The highest BCUT2D eigenvalue weighted by Gasteiger charge is 2.30. The average molecular weight is 347 g/mol. The highest BCUT2D eigenvalue weighted by atomic mass is 16.7. The van der Waals surface area contributed by atoms with E-state index in [0.29, 0.717) is 28.9 Å². The van der Waals surface area contributed by atoms with Gasteiger partial charge in [0, 0.05) is 6.04 Å². The van der Waals surface area contributed by atoms with Crippen LogP contribution in [0.25, 0.3) is 0 Å². The van der Waals surface area contributed by atoms with Gasteiger partial charge in [-0.2, -0.15) is 0 Å². The monoisotopic (exact) mass is 347 g/mol. The van der Waals surface area contributed by atoms with E-state index >= 15 is 0 Å². The zero-order valence-corrected chi connectivity index (χ0v) is 14.9. The van der Waals surface area contributed by atoms with Crippen molar-refractivity contribution in [3.05, 3.63) is 23.8 Å². The lowest BCUT2D eigenvalue weighted by Gasteiger charge is -2.35. The lowest BCUT2D eigenvalue weighted by atomic mass is 9.78. The van der Waals surface area contributed by atoms with Crippen LogP contribution in [0.2, 0.25) is 0 Å². The molecule has 1 saturated carbocycles. The number of esters is 1. The maximum Gasteiger partial charge on any atom is 0.339 e. The van der Waals surface area contributed by atoms with E-state index in [1.54, 1.807) is 25.1 Å². The van der Waals surface area contributed by atoms with Gasteiger partial charge in [0.15, 0.2) is 17.6 Å². The van der Waals surface area contributed by atoms with Crippen LogP contribution in [0.4, 0.5) is 0 Å². The molecule has 4 atom stereocenters. The Hall–Kier alpha value is -2.24. The van der Waals surface area contributed by atoms with Gasteiger partial charge in [-0.05, 0) is 43.4 Å². The van der Waals surface area contributed by atoms with E-state index in [2.05, 4.69) is 19.2 Å². The van der Waals surface area contributed by atoms with Gasteiger partial charge in [0.1, 0.15) is 0 Å². The van der Waals surface area contributed by atoms with Crippen molar-refractivity contribution in [2.24, 2.45) is 11.8 Å². The first-order chi connectivity index (χ1) is 12.0. The molecule has 1 aliphatic heterocycles. The van der Waals surface area contributed by atoms with E-state index in [0.717, 1.165) is 12.8 Å². The number of ether oxygens (including phenoxy) is 3. The van der Waals surface area contributed by atoms with Gasteiger partial charge in [-0.15, -0.1) is 0 Å². The summed E-state index contributed by atoms with van der Waals surface area (Å²) in [5, 5.41) is 3.04. The summed E-state index contributed by atoms with van der Waals surface area (Å²) < 4.78 is 15.8. The first kappa shape index (κ1) is 17.6. The Balaban J connectivity index is 1.56. The van der Waals surface area contributed by atoms with Crippen LogP contribution in [-0.2, 0) is 9.53 Å². The molecule has 3 rings (SSSR count). The van der Waals surface area contributed by atoms with Crippen molar-refractivity contribution in [1.82, 2.24) is 5.32 Å². The van der Waals surface area contributed by atoms with Gasteiger partial charge < -0.3 is 19.5 Å². The summed E-state index contributed by atoms with van der Waals surface area (Å²) in [6.07, 6.45) is 2.44.